The zero-order valence-corrected chi connectivity index (χ0v) is 30.5. The highest BCUT2D eigenvalue weighted by molar-refractivity contribution is 6.40. The maximum absolute atomic E-state index is 5.38. The Balaban J connectivity index is 1.34. The molecule has 6 heteroatoms. The normalized spacial score (nSPS) is 12.2. The van der Waals surface area contributed by atoms with E-state index in [1.807, 2.05) is 0 Å². The van der Waals surface area contributed by atoms with Crippen molar-refractivity contribution in [2.75, 3.05) is 0 Å². The molecule has 0 N–H and O–H groups in total. The minimum atomic E-state index is 0.857. The third-order valence-electron chi connectivity index (χ3n) is 11.8. The molecule has 57 heavy (non-hydrogen) atoms. The number of hydrogen-bond donors (Lipinski definition) is 0. The summed E-state index contributed by atoms with van der Waals surface area (Å²) in [5.41, 5.74) is 9.40. The average Bonchev–Trinajstić information content (AvgIpc) is 3.92. The van der Waals surface area contributed by atoms with E-state index < -0.39 is 0 Å². The van der Waals surface area contributed by atoms with Gasteiger partial charge in [0.1, 0.15) is 17.5 Å². The van der Waals surface area contributed by atoms with Gasteiger partial charge in [0.05, 0.1) is 49.7 Å². The van der Waals surface area contributed by atoms with Gasteiger partial charge in [-0.05, 0) is 72.8 Å². The second-order valence-corrected chi connectivity index (χ2v) is 14.8. The minimum absolute atomic E-state index is 0.857. The smallest absolute Gasteiger partial charge is 0.138 e. The molecular formula is C51H30N6. The van der Waals surface area contributed by atoms with Gasteiger partial charge in [-0.15, -0.1) is 0 Å². The molecule has 7 aromatic carbocycles. The average molecular weight is 727 g/mol. The second kappa shape index (κ2) is 11.4. The molecule has 0 atom stereocenters. The fourth-order valence-electron chi connectivity index (χ4n) is 9.40. The molecule has 0 saturated heterocycles. The van der Waals surface area contributed by atoms with Crippen molar-refractivity contribution in [2.24, 2.45) is 0 Å². The van der Waals surface area contributed by atoms with Gasteiger partial charge in [-0.3, -0.25) is 13.7 Å². The number of hydrogen-bond acceptors (Lipinski definition) is 3. The standard InChI is InChI=1S/C51H30N6/c1-7-19-37-31(13-1)25-28-43(52-37)55-40-22-10-4-16-34(40)46-47-35-17-5-11-23-41(35)56(44-29-26-32-14-2-8-20-38(32)53-44)50(47)51-48(49(46)55)36-18-6-12-24-42(36)57(51)45-30-27-33-15-3-9-21-39(33)54-45/h1-30H. The predicted octanol–water partition coefficient (Wildman–Crippen LogP) is 12.6. The number of pyridine rings is 3. The molecule has 0 unspecified atom stereocenters. The van der Waals surface area contributed by atoms with Crippen LogP contribution in [0, 0.1) is 0 Å². The summed E-state index contributed by atoms with van der Waals surface area (Å²) in [6.07, 6.45) is 0. The van der Waals surface area contributed by atoms with Gasteiger partial charge in [-0.1, -0.05) is 109 Å². The highest BCUT2D eigenvalue weighted by atomic mass is 15.1. The Morgan fingerprint density at radius 3 is 1.02 bits per heavy atom. The molecule has 0 aliphatic rings. The Morgan fingerprint density at radius 2 is 0.579 bits per heavy atom. The minimum Gasteiger partial charge on any atom is -0.293 e. The molecule has 0 aliphatic heterocycles. The lowest BCUT2D eigenvalue weighted by molar-refractivity contribution is 1.08. The summed E-state index contributed by atoms with van der Waals surface area (Å²) < 4.78 is 7.16. The van der Waals surface area contributed by atoms with Crippen LogP contribution < -0.4 is 0 Å². The van der Waals surface area contributed by atoms with Crippen LogP contribution in [-0.2, 0) is 0 Å². The first-order valence-corrected chi connectivity index (χ1v) is 19.3. The van der Waals surface area contributed by atoms with Crippen LogP contribution >= 0.6 is 0 Å². The number of rotatable bonds is 3. The predicted molar refractivity (Wildman–Crippen MR) is 235 cm³/mol. The molecule has 13 aromatic rings. The summed E-state index contributed by atoms with van der Waals surface area (Å²) in [6.45, 7) is 0. The maximum Gasteiger partial charge on any atom is 0.138 e. The number of para-hydroxylation sites is 6. The topological polar surface area (TPSA) is 53.5 Å². The summed E-state index contributed by atoms with van der Waals surface area (Å²) in [5.74, 6) is 2.60. The van der Waals surface area contributed by atoms with E-state index in [0.717, 1.165) is 99.4 Å². The third kappa shape index (κ3) is 4.16. The Morgan fingerprint density at radius 1 is 0.263 bits per heavy atom. The van der Waals surface area contributed by atoms with Crippen molar-refractivity contribution < 1.29 is 0 Å². The van der Waals surface area contributed by atoms with Crippen LogP contribution in [0.25, 0.3) is 116 Å². The Bertz CT molecular complexity index is 3830. The van der Waals surface area contributed by atoms with Crippen LogP contribution in [0.4, 0.5) is 0 Å². The fourth-order valence-corrected chi connectivity index (χ4v) is 9.40. The van der Waals surface area contributed by atoms with E-state index in [4.69, 9.17) is 15.0 Å². The largest absolute Gasteiger partial charge is 0.293 e. The van der Waals surface area contributed by atoms with Gasteiger partial charge in [0, 0.05) is 48.5 Å². The van der Waals surface area contributed by atoms with Crippen molar-refractivity contribution in [1.29, 1.82) is 0 Å². The molecule has 0 amide bonds. The summed E-state index contributed by atoms with van der Waals surface area (Å²) in [5, 5.41) is 10.3. The molecule has 6 heterocycles. The van der Waals surface area contributed by atoms with Crippen LogP contribution in [-0.4, -0.2) is 28.7 Å². The van der Waals surface area contributed by atoms with E-state index in [-0.39, 0.29) is 0 Å². The van der Waals surface area contributed by atoms with Gasteiger partial charge in [0.15, 0.2) is 0 Å². The first kappa shape index (κ1) is 30.5. The Kier molecular flexibility index (Phi) is 6.07. The summed E-state index contributed by atoms with van der Waals surface area (Å²) in [7, 11) is 0. The van der Waals surface area contributed by atoms with E-state index in [1.54, 1.807) is 0 Å². The zero-order chi connectivity index (χ0) is 37.2. The van der Waals surface area contributed by atoms with E-state index in [0.29, 0.717) is 0 Å². The van der Waals surface area contributed by atoms with Crippen molar-refractivity contribution in [3.63, 3.8) is 0 Å². The van der Waals surface area contributed by atoms with Crippen molar-refractivity contribution in [2.45, 2.75) is 0 Å². The van der Waals surface area contributed by atoms with E-state index in [1.165, 1.54) is 16.2 Å². The van der Waals surface area contributed by atoms with Gasteiger partial charge >= 0.3 is 0 Å². The van der Waals surface area contributed by atoms with Crippen LogP contribution in [0.2, 0.25) is 0 Å². The lowest BCUT2D eigenvalue weighted by Gasteiger charge is -2.14. The van der Waals surface area contributed by atoms with Crippen LogP contribution in [0.1, 0.15) is 0 Å². The van der Waals surface area contributed by atoms with E-state index in [2.05, 4.69) is 196 Å². The molecule has 0 radical (unpaired) electrons. The van der Waals surface area contributed by atoms with Gasteiger partial charge in [0.25, 0.3) is 0 Å². The highest BCUT2D eigenvalue weighted by Gasteiger charge is 2.29. The van der Waals surface area contributed by atoms with Crippen LogP contribution in [0.3, 0.4) is 0 Å². The number of nitrogens with zero attached hydrogens (tertiary/aromatic N) is 6. The molecular weight excluding hydrogens is 697 g/mol. The van der Waals surface area contributed by atoms with Gasteiger partial charge in [-0.25, -0.2) is 15.0 Å². The van der Waals surface area contributed by atoms with Gasteiger partial charge in [0.2, 0.25) is 0 Å². The summed E-state index contributed by atoms with van der Waals surface area (Å²) >= 11 is 0. The lowest BCUT2D eigenvalue weighted by atomic mass is 10.0. The molecule has 13 rings (SSSR count). The lowest BCUT2D eigenvalue weighted by Crippen LogP contribution is -2.03. The molecule has 6 aromatic heterocycles. The number of benzene rings is 7. The molecule has 0 spiro atoms. The fraction of sp³-hybridized carbons (Fsp3) is 0. The van der Waals surface area contributed by atoms with Crippen LogP contribution in [0.5, 0.6) is 0 Å². The van der Waals surface area contributed by atoms with Crippen molar-refractivity contribution in [1.82, 2.24) is 28.7 Å². The molecule has 264 valence electrons. The molecule has 0 bridgehead atoms. The SMILES string of the molecule is c1ccc2nc(-n3c4ccccc4c4c5c6ccccc6n(-c6ccc7ccccc7n6)c5c5c(c6ccccc6n5-c5ccc6ccccc6n5)c43)ccc2c1. The van der Waals surface area contributed by atoms with Crippen molar-refractivity contribution in [3.8, 4) is 17.5 Å². The molecule has 0 fully saturated rings. The Hall–Kier alpha value is -7.83. The van der Waals surface area contributed by atoms with Gasteiger partial charge in [-0.2, -0.15) is 0 Å². The van der Waals surface area contributed by atoms with Gasteiger partial charge < -0.3 is 0 Å². The maximum atomic E-state index is 5.38. The van der Waals surface area contributed by atoms with Crippen molar-refractivity contribution in [3.05, 3.63) is 182 Å². The first-order chi connectivity index (χ1) is 28.3. The number of fused-ring (bicyclic) bond motifs is 15. The monoisotopic (exact) mass is 726 g/mol. The number of aromatic nitrogens is 6. The second-order valence-electron chi connectivity index (χ2n) is 14.8. The third-order valence-corrected chi connectivity index (χ3v) is 11.8. The Labute approximate surface area is 325 Å². The van der Waals surface area contributed by atoms with Crippen molar-refractivity contribution >= 4 is 98.1 Å². The zero-order valence-electron chi connectivity index (χ0n) is 30.5. The summed E-state index contributed by atoms with van der Waals surface area (Å²) in [4.78, 5) is 16.1. The summed E-state index contributed by atoms with van der Waals surface area (Å²) in [6, 6.07) is 64.5. The highest BCUT2D eigenvalue weighted by Crippen LogP contribution is 2.50. The quantitative estimate of drug-likeness (QED) is 0.182. The van der Waals surface area contributed by atoms with E-state index >= 15 is 0 Å². The first-order valence-electron chi connectivity index (χ1n) is 19.3. The molecule has 0 aliphatic carbocycles. The van der Waals surface area contributed by atoms with Crippen LogP contribution in [0.15, 0.2) is 182 Å². The molecule has 0 saturated carbocycles. The van der Waals surface area contributed by atoms with E-state index in [9.17, 15) is 0 Å². The molecule has 6 nitrogen and oxygen atoms in total.